The van der Waals surface area contributed by atoms with Gasteiger partial charge in [-0.2, -0.15) is 0 Å². The molecule has 2 atom stereocenters. The molecule has 3 aliphatic rings. The third kappa shape index (κ3) is 4.21. The molecular weight excluding hydrogens is 619 g/mol. The van der Waals surface area contributed by atoms with E-state index in [9.17, 15) is 0 Å². The van der Waals surface area contributed by atoms with Gasteiger partial charge < -0.3 is 9.88 Å². The molecule has 3 heteroatoms. The van der Waals surface area contributed by atoms with Gasteiger partial charge in [0, 0.05) is 50.2 Å². The van der Waals surface area contributed by atoms with Gasteiger partial charge in [0.25, 0.3) is 0 Å². The molecule has 4 heterocycles. The second-order valence-electron chi connectivity index (χ2n) is 15.1. The quantitative estimate of drug-likeness (QED) is 0.199. The number of allylic oxidation sites excluding steroid dienone is 2. The Hall–Kier alpha value is -5.67. The van der Waals surface area contributed by atoms with Crippen LogP contribution in [0.25, 0.3) is 66.8 Å². The zero-order chi connectivity index (χ0) is 34.5. The summed E-state index contributed by atoms with van der Waals surface area (Å²) < 4.78 is 2.44. The third-order valence-electron chi connectivity index (χ3n) is 12.2. The first-order valence-corrected chi connectivity index (χ1v) is 18.5. The van der Waals surface area contributed by atoms with E-state index in [2.05, 4.69) is 177 Å². The minimum atomic E-state index is -0.0683. The molecule has 248 valence electrons. The van der Waals surface area contributed by atoms with E-state index in [0.717, 1.165) is 35.4 Å². The van der Waals surface area contributed by atoms with E-state index in [-0.39, 0.29) is 11.0 Å². The molecule has 2 aliphatic heterocycles. The van der Waals surface area contributed by atoms with Gasteiger partial charge in [0.2, 0.25) is 0 Å². The molecule has 7 aromatic rings. The lowest BCUT2D eigenvalue weighted by Crippen LogP contribution is -2.41. The number of nitrogens with zero attached hydrogens (tertiary/aromatic N) is 2. The summed E-state index contributed by atoms with van der Waals surface area (Å²) in [6.07, 6.45) is 9.01. The van der Waals surface area contributed by atoms with E-state index < -0.39 is 0 Å². The van der Waals surface area contributed by atoms with Gasteiger partial charge >= 0.3 is 0 Å². The normalized spacial score (nSPS) is 19.4. The number of pyridine rings is 1. The predicted molar refractivity (Wildman–Crippen MR) is 213 cm³/mol. The van der Waals surface area contributed by atoms with E-state index >= 15 is 0 Å². The Morgan fingerprint density at radius 2 is 1.39 bits per heavy atom. The van der Waals surface area contributed by atoms with Crippen LogP contribution in [-0.4, -0.2) is 9.55 Å². The summed E-state index contributed by atoms with van der Waals surface area (Å²) in [6, 6.07) is 44.9. The second-order valence-corrected chi connectivity index (χ2v) is 15.1. The summed E-state index contributed by atoms with van der Waals surface area (Å²) in [5, 5.41) is 6.45. The van der Waals surface area contributed by atoms with Gasteiger partial charge in [-0.15, -0.1) is 0 Å². The van der Waals surface area contributed by atoms with Crippen LogP contribution in [0.3, 0.4) is 0 Å². The number of aromatic nitrogens is 2. The zero-order valence-electron chi connectivity index (χ0n) is 29.7. The van der Waals surface area contributed by atoms with Gasteiger partial charge in [-0.25, -0.2) is 4.98 Å². The lowest BCUT2D eigenvalue weighted by Gasteiger charge is -2.36. The average molecular weight is 660 g/mol. The SMILES string of the molecule is CCC1C=CC=C2NC1(CC)c1ccc(-c3cccc(-c4ccc5c(c4)c4cc6c(cc4n5-c4ccccc4)C(C)(C)c4ccccc4-6)n3)cc12. The van der Waals surface area contributed by atoms with Crippen LogP contribution in [0.15, 0.2) is 140 Å². The molecule has 2 aromatic heterocycles. The molecular formula is C48H41N3. The van der Waals surface area contributed by atoms with E-state index in [0.29, 0.717) is 5.92 Å². The molecule has 0 amide bonds. The highest BCUT2D eigenvalue weighted by Gasteiger charge is 2.44. The van der Waals surface area contributed by atoms with Crippen molar-refractivity contribution >= 4 is 27.5 Å². The van der Waals surface area contributed by atoms with Crippen LogP contribution in [0, 0.1) is 5.92 Å². The highest BCUT2D eigenvalue weighted by atomic mass is 15.0. The molecule has 0 saturated carbocycles. The topological polar surface area (TPSA) is 29.9 Å². The van der Waals surface area contributed by atoms with E-state index in [1.54, 1.807) is 0 Å². The van der Waals surface area contributed by atoms with Gasteiger partial charge in [-0.3, -0.25) is 0 Å². The van der Waals surface area contributed by atoms with Crippen LogP contribution in [0.2, 0.25) is 0 Å². The fraction of sp³-hybridized carbons (Fsp3) is 0.188. The van der Waals surface area contributed by atoms with E-state index in [1.807, 2.05) is 0 Å². The molecule has 5 aromatic carbocycles. The lowest BCUT2D eigenvalue weighted by atomic mass is 9.75. The highest BCUT2D eigenvalue weighted by Crippen LogP contribution is 2.51. The molecule has 0 saturated heterocycles. The Morgan fingerprint density at radius 3 is 2.20 bits per heavy atom. The molecule has 0 spiro atoms. The van der Waals surface area contributed by atoms with Crippen LogP contribution in [-0.2, 0) is 11.0 Å². The van der Waals surface area contributed by atoms with Crippen molar-refractivity contribution in [1.82, 2.24) is 14.9 Å². The van der Waals surface area contributed by atoms with Crippen LogP contribution in [0.4, 0.5) is 0 Å². The largest absolute Gasteiger partial charge is 0.374 e. The lowest BCUT2D eigenvalue weighted by molar-refractivity contribution is 0.279. The van der Waals surface area contributed by atoms with Gasteiger partial charge in [0.15, 0.2) is 0 Å². The average Bonchev–Trinajstić information content (AvgIpc) is 3.68. The van der Waals surface area contributed by atoms with Gasteiger partial charge in [0.1, 0.15) is 0 Å². The number of hydrogen-bond acceptors (Lipinski definition) is 2. The Bertz CT molecular complexity index is 2620. The maximum atomic E-state index is 5.31. The van der Waals surface area contributed by atoms with Crippen LogP contribution >= 0.6 is 0 Å². The van der Waals surface area contributed by atoms with Crippen molar-refractivity contribution in [1.29, 1.82) is 0 Å². The van der Waals surface area contributed by atoms with Crippen molar-refractivity contribution < 1.29 is 0 Å². The molecule has 0 radical (unpaired) electrons. The molecule has 2 bridgehead atoms. The summed E-state index contributed by atoms with van der Waals surface area (Å²) >= 11 is 0. The molecule has 2 unspecified atom stereocenters. The minimum absolute atomic E-state index is 0.0526. The van der Waals surface area contributed by atoms with Crippen molar-refractivity contribution in [2.24, 2.45) is 5.92 Å². The summed E-state index contributed by atoms with van der Waals surface area (Å²) in [6.45, 7) is 9.32. The van der Waals surface area contributed by atoms with Gasteiger partial charge in [0.05, 0.1) is 28.0 Å². The van der Waals surface area contributed by atoms with Crippen molar-refractivity contribution in [2.75, 3.05) is 0 Å². The molecule has 10 rings (SSSR count). The highest BCUT2D eigenvalue weighted by molar-refractivity contribution is 6.12. The first-order chi connectivity index (χ1) is 24.9. The minimum Gasteiger partial charge on any atom is -0.374 e. The fourth-order valence-electron chi connectivity index (χ4n) is 9.57. The standard InChI is InChI=1S/C48H41N3/c1-5-32-14-12-21-44-38-27-30(22-24-40(38)48(32,6-2)50-44)42-19-13-20-43(49-42)31-23-25-45-36(26-31)37-28-35-34-17-10-11-18-39(34)47(3,4)41(35)29-46(37)51(45)33-15-8-7-9-16-33/h7-29,32,50H,5-6H2,1-4H3. The smallest absolute Gasteiger partial charge is 0.0709 e. The maximum Gasteiger partial charge on any atom is 0.0709 e. The fourth-order valence-corrected chi connectivity index (χ4v) is 9.57. The number of nitrogens with one attached hydrogen (secondary N) is 1. The first kappa shape index (κ1) is 30.2. The number of rotatable bonds is 5. The summed E-state index contributed by atoms with van der Waals surface area (Å²) in [7, 11) is 0. The van der Waals surface area contributed by atoms with Crippen LogP contribution < -0.4 is 5.32 Å². The summed E-state index contributed by atoms with van der Waals surface area (Å²) in [5.41, 5.74) is 17.1. The Balaban J connectivity index is 1.12. The van der Waals surface area contributed by atoms with E-state index in [1.165, 1.54) is 66.6 Å². The molecule has 3 nitrogen and oxygen atoms in total. The summed E-state index contributed by atoms with van der Waals surface area (Å²) in [4.78, 5) is 5.31. The van der Waals surface area contributed by atoms with Gasteiger partial charge in [-0.1, -0.05) is 107 Å². The molecule has 1 aliphatic carbocycles. The number of para-hydroxylation sites is 1. The third-order valence-corrected chi connectivity index (χ3v) is 12.2. The van der Waals surface area contributed by atoms with Crippen molar-refractivity contribution in [3.8, 4) is 39.3 Å². The first-order valence-electron chi connectivity index (χ1n) is 18.5. The monoisotopic (exact) mass is 659 g/mol. The molecule has 0 fully saturated rings. The Labute approximate surface area is 300 Å². The number of fused-ring (bicyclic) bond motifs is 11. The maximum absolute atomic E-state index is 5.31. The van der Waals surface area contributed by atoms with Crippen molar-refractivity contribution in [3.05, 3.63) is 162 Å². The van der Waals surface area contributed by atoms with Crippen LogP contribution in [0.5, 0.6) is 0 Å². The number of benzene rings is 5. The predicted octanol–water partition coefficient (Wildman–Crippen LogP) is 12.0. The van der Waals surface area contributed by atoms with Gasteiger partial charge in [-0.05, 0) is 101 Å². The van der Waals surface area contributed by atoms with Crippen molar-refractivity contribution in [2.45, 2.75) is 51.5 Å². The number of hydrogen-bond donors (Lipinski definition) is 1. The van der Waals surface area contributed by atoms with Crippen molar-refractivity contribution in [3.63, 3.8) is 0 Å². The summed E-state index contributed by atoms with van der Waals surface area (Å²) in [5.74, 6) is 0.454. The zero-order valence-corrected chi connectivity index (χ0v) is 29.7. The Kier molecular flexibility index (Phi) is 6.46. The Morgan fingerprint density at radius 1 is 0.647 bits per heavy atom. The molecule has 51 heavy (non-hydrogen) atoms. The molecule has 1 N–H and O–H groups in total. The van der Waals surface area contributed by atoms with E-state index in [4.69, 9.17) is 4.98 Å². The van der Waals surface area contributed by atoms with Crippen LogP contribution in [0.1, 0.15) is 62.8 Å². The second kappa shape index (κ2) is 10.9.